The molecule has 7 heteroatoms. The lowest BCUT2D eigenvalue weighted by Gasteiger charge is -2.24. The third-order valence-corrected chi connectivity index (χ3v) is 3.17. The molecule has 0 saturated heterocycles. The van der Waals surface area contributed by atoms with Gasteiger partial charge in [-0.15, -0.1) is 0 Å². The van der Waals surface area contributed by atoms with Crippen molar-refractivity contribution in [2.24, 2.45) is 0 Å². The van der Waals surface area contributed by atoms with Gasteiger partial charge in [-0.05, 0) is 13.1 Å². The summed E-state index contributed by atoms with van der Waals surface area (Å²) in [5.74, 6) is -2.53. The van der Waals surface area contributed by atoms with Gasteiger partial charge in [0.25, 0.3) is 6.43 Å². The van der Waals surface area contributed by atoms with Crippen molar-refractivity contribution in [3.05, 3.63) is 0 Å². The highest BCUT2D eigenvalue weighted by molar-refractivity contribution is 6.71. The minimum absolute atomic E-state index is 1.02. The quantitative estimate of drug-likeness (QED) is 0.570. The fourth-order valence-electron chi connectivity index (χ4n) is 0.690. The number of hydrogen-bond donors (Lipinski definition) is 1. The predicted molar refractivity (Wildman–Crippen MR) is 40.4 cm³/mol. The van der Waals surface area contributed by atoms with Crippen LogP contribution in [-0.4, -0.2) is 37.7 Å². The molecule has 0 bridgehead atoms. The third-order valence-electron chi connectivity index (χ3n) is 1.50. The summed E-state index contributed by atoms with van der Waals surface area (Å²) in [4.78, 5) is 9.00. The van der Waals surface area contributed by atoms with Crippen LogP contribution in [0, 0.1) is 0 Å². The van der Waals surface area contributed by atoms with Crippen molar-refractivity contribution < 1.29 is 26.7 Å². The van der Waals surface area contributed by atoms with Crippen molar-refractivity contribution in [2.75, 3.05) is 0 Å². The zero-order valence-electron chi connectivity index (χ0n) is 7.15. The van der Waals surface area contributed by atoms with Crippen LogP contribution in [0.3, 0.4) is 0 Å². The van der Waals surface area contributed by atoms with Crippen molar-refractivity contribution in [1.82, 2.24) is 0 Å². The highest BCUT2D eigenvalue weighted by atomic mass is 28.4. The van der Waals surface area contributed by atoms with Gasteiger partial charge in [0.2, 0.25) is 8.32 Å². The van der Waals surface area contributed by atoms with Crippen LogP contribution in [-0.2, 0) is 0 Å². The van der Waals surface area contributed by atoms with Crippen molar-refractivity contribution in [3.63, 3.8) is 0 Å². The van der Waals surface area contributed by atoms with Gasteiger partial charge < -0.3 is 4.80 Å². The van der Waals surface area contributed by atoms with E-state index in [0.717, 1.165) is 13.1 Å². The van der Waals surface area contributed by atoms with Crippen LogP contribution in [0.15, 0.2) is 0 Å². The molecule has 3 unspecified atom stereocenters. The fourth-order valence-corrected chi connectivity index (χ4v) is 1.65. The summed E-state index contributed by atoms with van der Waals surface area (Å²) in [5, 5.41) is 0. The maximum absolute atomic E-state index is 12.8. The molecule has 13 heavy (non-hydrogen) atoms. The maximum atomic E-state index is 12.8. The molecule has 1 N–H and O–H groups in total. The first kappa shape index (κ1) is 12.8. The normalized spacial score (nSPS) is 20.1. The van der Waals surface area contributed by atoms with Gasteiger partial charge in [0.05, 0.1) is 0 Å². The van der Waals surface area contributed by atoms with E-state index in [9.17, 15) is 22.0 Å². The van der Waals surface area contributed by atoms with E-state index in [1.54, 1.807) is 0 Å². The summed E-state index contributed by atoms with van der Waals surface area (Å²) in [6.07, 6.45) is -9.69. The van der Waals surface area contributed by atoms with E-state index in [1.165, 1.54) is 0 Å². The Labute approximate surface area is 73.7 Å². The molecule has 80 valence electrons. The van der Waals surface area contributed by atoms with Crippen LogP contribution >= 0.6 is 0 Å². The van der Waals surface area contributed by atoms with Gasteiger partial charge in [-0.1, -0.05) is 0 Å². The van der Waals surface area contributed by atoms with Crippen LogP contribution in [0.4, 0.5) is 22.0 Å². The first-order valence-electron chi connectivity index (χ1n) is 3.60. The lowest BCUT2D eigenvalue weighted by molar-refractivity contribution is -0.0131. The van der Waals surface area contributed by atoms with Crippen LogP contribution in [0.5, 0.6) is 0 Å². The Balaban J connectivity index is 4.34. The Bertz CT molecular complexity index is 160. The molecular weight excluding hydrogens is 211 g/mol. The molecule has 3 atom stereocenters. The van der Waals surface area contributed by atoms with E-state index in [2.05, 4.69) is 0 Å². The average molecular weight is 222 g/mol. The SMILES string of the molecule is C[Si](C)(O)C(F)C(F)C(F)C(F)F. The van der Waals surface area contributed by atoms with E-state index >= 15 is 0 Å². The summed E-state index contributed by atoms with van der Waals surface area (Å²) in [7, 11) is -3.55. The lowest BCUT2D eigenvalue weighted by Crippen LogP contribution is -2.49. The smallest absolute Gasteiger partial charge is 0.272 e. The minimum atomic E-state index is -3.57. The van der Waals surface area contributed by atoms with Crippen LogP contribution < -0.4 is 0 Å². The topological polar surface area (TPSA) is 20.2 Å². The van der Waals surface area contributed by atoms with Gasteiger partial charge in [-0.3, -0.25) is 0 Å². The van der Waals surface area contributed by atoms with Crippen LogP contribution in [0.1, 0.15) is 0 Å². The molecule has 0 aliphatic heterocycles. The Morgan fingerprint density at radius 3 is 1.54 bits per heavy atom. The Kier molecular flexibility index (Phi) is 4.30. The molecule has 0 aliphatic carbocycles. The third kappa shape index (κ3) is 3.59. The molecule has 0 aromatic heterocycles. The molecule has 0 aliphatic rings. The summed E-state index contributed by atoms with van der Waals surface area (Å²) in [6, 6.07) is 0. The van der Waals surface area contributed by atoms with Crippen molar-refractivity contribution in [3.8, 4) is 0 Å². The van der Waals surface area contributed by atoms with Crippen molar-refractivity contribution >= 4 is 8.32 Å². The molecule has 0 fully saturated rings. The lowest BCUT2D eigenvalue weighted by atomic mass is 10.3. The summed E-state index contributed by atoms with van der Waals surface area (Å²) in [6.45, 7) is 2.03. The second-order valence-electron chi connectivity index (χ2n) is 3.28. The maximum Gasteiger partial charge on any atom is 0.272 e. The number of halogens is 5. The molecule has 0 spiro atoms. The van der Waals surface area contributed by atoms with Gasteiger partial charge in [0.1, 0.15) is 0 Å². The highest BCUT2D eigenvalue weighted by Gasteiger charge is 2.44. The average Bonchev–Trinajstić information content (AvgIpc) is 1.98. The van der Waals surface area contributed by atoms with Gasteiger partial charge in [-0.25, -0.2) is 22.0 Å². The number of hydrogen-bond acceptors (Lipinski definition) is 1. The molecule has 0 saturated carbocycles. The van der Waals surface area contributed by atoms with Crippen molar-refractivity contribution in [1.29, 1.82) is 0 Å². The Morgan fingerprint density at radius 1 is 0.923 bits per heavy atom. The van der Waals surface area contributed by atoms with Gasteiger partial charge >= 0.3 is 0 Å². The molecule has 0 radical (unpaired) electrons. The molecule has 0 aromatic rings. The Morgan fingerprint density at radius 2 is 1.31 bits per heavy atom. The molecule has 0 aromatic carbocycles. The van der Waals surface area contributed by atoms with E-state index in [0.29, 0.717) is 0 Å². The second kappa shape index (κ2) is 4.36. The highest BCUT2D eigenvalue weighted by Crippen LogP contribution is 2.23. The predicted octanol–water partition coefficient (Wildman–Crippen LogP) is 2.00. The Hall–Kier alpha value is -0.173. The standard InChI is InChI=1S/C6H11F5OSi/c1-13(2,12)6(11)4(8)3(7)5(9)10/h3-6,12H,1-2H3. The largest absolute Gasteiger partial charge is 0.429 e. The van der Waals surface area contributed by atoms with Crippen molar-refractivity contribution in [2.45, 2.75) is 37.7 Å². The first-order chi connectivity index (χ1) is 5.68. The summed E-state index contributed by atoms with van der Waals surface area (Å²) >= 11 is 0. The summed E-state index contributed by atoms with van der Waals surface area (Å²) < 4.78 is 60.8. The molecule has 0 heterocycles. The first-order valence-corrected chi connectivity index (χ1v) is 6.63. The van der Waals surface area contributed by atoms with E-state index in [1.807, 2.05) is 0 Å². The van der Waals surface area contributed by atoms with E-state index in [4.69, 9.17) is 4.80 Å². The molecule has 1 nitrogen and oxygen atoms in total. The van der Waals surface area contributed by atoms with Gasteiger partial charge in [-0.2, -0.15) is 0 Å². The summed E-state index contributed by atoms with van der Waals surface area (Å²) in [5.41, 5.74) is 0. The molecule has 0 amide bonds. The van der Waals surface area contributed by atoms with E-state index < -0.39 is 32.9 Å². The second-order valence-corrected chi connectivity index (χ2v) is 7.14. The zero-order valence-corrected chi connectivity index (χ0v) is 8.15. The van der Waals surface area contributed by atoms with Gasteiger partial charge in [0, 0.05) is 0 Å². The van der Waals surface area contributed by atoms with Crippen LogP contribution in [0.25, 0.3) is 0 Å². The van der Waals surface area contributed by atoms with Crippen LogP contribution in [0.2, 0.25) is 13.1 Å². The monoisotopic (exact) mass is 222 g/mol. The van der Waals surface area contributed by atoms with E-state index in [-0.39, 0.29) is 0 Å². The molecule has 0 rings (SSSR count). The zero-order chi connectivity index (χ0) is 10.8. The minimum Gasteiger partial charge on any atom is -0.429 e. The molecular formula is C6H11F5OSi. The van der Waals surface area contributed by atoms with Gasteiger partial charge in [0.15, 0.2) is 18.1 Å². The number of rotatable bonds is 4. The number of alkyl halides is 5. The fraction of sp³-hybridized carbons (Fsp3) is 1.00.